The van der Waals surface area contributed by atoms with Gasteiger partial charge in [0.2, 0.25) is 0 Å². The van der Waals surface area contributed by atoms with Crippen LogP contribution in [0.1, 0.15) is 25.3 Å². The summed E-state index contributed by atoms with van der Waals surface area (Å²) in [5, 5.41) is 6.80. The van der Waals surface area contributed by atoms with Gasteiger partial charge in [-0.15, -0.1) is 0 Å². The molecule has 2 rings (SSSR count). The van der Waals surface area contributed by atoms with Crippen LogP contribution in [-0.2, 0) is 0 Å². The van der Waals surface area contributed by atoms with Crippen LogP contribution in [-0.4, -0.2) is 10.1 Å². The minimum absolute atomic E-state index is 0.537. The van der Waals surface area contributed by atoms with Gasteiger partial charge in [0, 0.05) is 11.9 Å². The molecule has 0 spiro atoms. The maximum absolute atomic E-state index is 5.25. The first kappa shape index (κ1) is 13.5. The highest BCUT2D eigenvalue weighted by atomic mass is 32.1. The summed E-state index contributed by atoms with van der Waals surface area (Å²) >= 11 is 5.25. The topological polar surface area (TPSA) is 37.0 Å². The van der Waals surface area contributed by atoms with Crippen LogP contribution in [0.2, 0.25) is 0 Å². The zero-order valence-corrected chi connectivity index (χ0v) is 11.9. The lowest BCUT2D eigenvalue weighted by Crippen LogP contribution is -2.19. The van der Waals surface area contributed by atoms with Gasteiger partial charge in [-0.05, 0) is 48.0 Å². The van der Waals surface area contributed by atoms with Crippen LogP contribution >= 0.6 is 12.2 Å². The summed E-state index contributed by atoms with van der Waals surface area (Å²) in [6.07, 6.45) is 3.46. The van der Waals surface area contributed by atoms with Gasteiger partial charge in [0.25, 0.3) is 0 Å². The third-order valence-corrected chi connectivity index (χ3v) is 2.96. The van der Waals surface area contributed by atoms with Gasteiger partial charge in [0.05, 0.1) is 11.9 Å². The second kappa shape index (κ2) is 6.29. The third-order valence-electron chi connectivity index (χ3n) is 2.75. The smallest absolute Gasteiger partial charge is 0.175 e. The molecule has 0 bridgehead atoms. The maximum atomic E-state index is 5.25. The fraction of sp³-hybridized carbons (Fsp3) is 0.200. The molecular weight excluding hydrogens is 254 g/mol. The van der Waals surface area contributed by atoms with Gasteiger partial charge in [-0.25, -0.2) is 0 Å². The Hall–Kier alpha value is -1.94. The maximum Gasteiger partial charge on any atom is 0.175 e. The molecule has 0 aliphatic heterocycles. The summed E-state index contributed by atoms with van der Waals surface area (Å²) < 4.78 is 0. The van der Waals surface area contributed by atoms with Crippen LogP contribution in [0.15, 0.2) is 48.8 Å². The molecule has 0 aliphatic carbocycles. The van der Waals surface area contributed by atoms with E-state index < -0.39 is 0 Å². The second-order valence-electron chi connectivity index (χ2n) is 4.60. The Bertz CT molecular complexity index is 535. The molecule has 1 aromatic heterocycles. The van der Waals surface area contributed by atoms with Crippen molar-refractivity contribution in [2.45, 2.75) is 19.8 Å². The van der Waals surface area contributed by atoms with E-state index >= 15 is 0 Å². The first-order valence-electron chi connectivity index (χ1n) is 6.23. The molecule has 0 aliphatic rings. The van der Waals surface area contributed by atoms with Crippen molar-refractivity contribution in [3.05, 3.63) is 54.4 Å². The van der Waals surface area contributed by atoms with Gasteiger partial charge < -0.3 is 10.6 Å². The number of pyridine rings is 1. The molecule has 4 heteroatoms. The summed E-state index contributed by atoms with van der Waals surface area (Å²) in [7, 11) is 0. The van der Waals surface area contributed by atoms with Crippen molar-refractivity contribution in [2.24, 2.45) is 0 Å². The summed E-state index contributed by atoms with van der Waals surface area (Å²) in [4.78, 5) is 4.03. The van der Waals surface area contributed by atoms with Crippen LogP contribution in [0.25, 0.3) is 0 Å². The molecule has 19 heavy (non-hydrogen) atoms. The number of aromatic nitrogens is 1. The van der Waals surface area contributed by atoms with Crippen LogP contribution in [0.5, 0.6) is 0 Å². The molecule has 3 nitrogen and oxygen atoms in total. The van der Waals surface area contributed by atoms with Crippen LogP contribution in [0.4, 0.5) is 11.4 Å². The minimum atomic E-state index is 0.537. The van der Waals surface area contributed by atoms with E-state index in [1.165, 1.54) is 5.56 Å². The molecule has 1 heterocycles. The SMILES string of the molecule is CC(C)c1ccc(NC(=S)Nc2cccnc2)cc1. The molecule has 2 N–H and O–H groups in total. The predicted molar refractivity (Wildman–Crippen MR) is 84.6 cm³/mol. The van der Waals surface area contributed by atoms with Crippen LogP contribution < -0.4 is 10.6 Å². The average molecular weight is 271 g/mol. The minimum Gasteiger partial charge on any atom is -0.332 e. The summed E-state index contributed by atoms with van der Waals surface area (Å²) in [5.41, 5.74) is 3.17. The molecule has 0 unspecified atom stereocenters. The van der Waals surface area contributed by atoms with Gasteiger partial charge in [0.15, 0.2) is 5.11 Å². The van der Waals surface area contributed by atoms with E-state index in [0.717, 1.165) is 11.4 Å². The molecule has 0 radical (unpaired) electrons. The zero-order valence-electron chi connectivity index (χ0n) is 11.1. The molecule has 0 atom stereocenters. The summed E-state index contributed by atoms with van der Waals surface area (Å²) in [6, 6.07) is 12.1. The molecule has 1 aromatic carbocycles. The number of anilines is 2. The first-order valence-corrected chi connectivity index (χ1v) is 6.64. The Kier molecular flexibility index (Phi) is 4.47. The summed E-state index contributed by atoms with van der Waals surface area (Å²) in [6.45, 7) is 4.36. The average Bonchev–Trinajstić information content (AvgIpc) is 2.40. The van der Waals surface area contributed by atoms with Gasteiger partial charge in [0.1, 0.15) is 0 Å². The quantitative estimate of drug-likeness (QED) is 0.827. The first-order chi connectivity index (χ1) is 9.15. The number of hydrogen-bond acceptors (Lipinski definition) is 2. The lowest BCUT2D eigenvalue weighted by molar-refractivity contribution is 0.867. The second-order valence-corrected chi connectivity index (χ2v) is 5.01. The van der Waals surface area contributed by atoms with Crippen molar-refractivity contribution in [1.29, 1.82) is 0 Å². The normalized spacial score (nSPS) is 10.3. The molecule has 0 fully saturated rings. The number of nitrogens with one attached hydrogen (secondary N) is 2. The van der Waals surface area contributed by atoms with E-state index in [1.807, 2.05) is 24.3 Å². The Balaban J connectivity index is 1.95. The van der Waals surface area contributed by atoms with Crippen molar-refractivity contribution in [1.82, 2.24) is 4.98 Å². The Morgan fingerprint density at radius 2 is 1.74 bits per heavy atom. The van der Waals surface area contributed by atoms with E-state index in [1.54, 1.807) is 12.4 Å². The summed E-state index contributed by atoms with van der Waals surface area (Å²) in [5.74, 6) is 0.537. The highest BCUT2D eigenvalue weighted by Crippen LogP contribution is 2.17. The van der Waals surface area contributed by atoms with Crippen molar-refractivity contribution in [3.63, 3.8) is 0 Å². The van der Waals surface area contributed by atoms with Crippen molar-refractivity contribution >= 4 is 28.7 Å². The molecule has 2 aromatic rings. The molecule has 0 saturated heterocycles. The van der Waals surface area contributed by atoms with E-state index in [0.29, 0.717) is 11.0 Å². The van der Waals surface area contributed by atoms with E-state index in [9.17, 15) is 0 Å². The molecule has 0 amide bonds. The number of hydrogen-bond donors (Lipinski definition) is 2. The monoisotopic (exact) mass is 271 g/mol. The number of thiocarbonyl (C=S) groups is 1. The van der Waals surface area contributed by atoms with Crippen molar-refractivity contribution in [3.8, 4) is 0 Å². The Labute approximate surface area is 119 Å². The largest absolute Gasteiger partial charge is 0.332 e. The number of nitrogens with zero attached hydrogens (tertiary/aromatic N) is 1. The van der Waals surface area contributed by atoms with Gasteiger partial charge >= 0.3 is 0 Å². The van der Waals surface area contributed by atoms with Crippen molar-refractivity contribution < 1.29 is 0 Å². The fourth-order valence-electron chi connectivity index (χ4n) is 1.68. The number of benzene rings is 1. The highest BCUT2D eigenvalue weighted by molar-refractivity contribution is 7.80. The van der Waals surface area contributed by atoms with E-state index in [-0.39, 0.29) is 0 Å². The zero-order chi connectivity index (χ0) is 13.7. The third kappa shape index (κ3) is 4.03. The predicted octanol–water partition coefficient (Wildman–Crippen LogP) is 4.01. The van der Waals surface area contributed by atoms with Crippen LogP contribution in [0, 0.1) is 0 Å². The Morgan fingerprint density at radius 3 is 2.32 bits per heavy atom. The molecular formula is C15H17N3S. The van der Waals surface area contributed by atoms with E-state index in [4.69, 9.17) is 12.2 Å². The molecule has 98 valence electrons. The van der Waals surface area contributed by atoms with Gasteiger partial charge in [-0.1, -0.05) is 26.0 Å². The van der Waals surface area contributed by atoms with Gasteiger partial charge in [-0.3, -0.25) is 4.98 Å². The highest BCUT2D eigenvalue weighted by Gasteiger charge is 2.01. The lowest BCUT2D eigenvalue weighted by atomic mass is 10.0. The Morgan fingerprint density at radius 1 is 1.05 bits per heavy atom. The van der Waals surface area contributed by atoms with Gasteiger partial charge in [-0.2, -0.15) is 0 Å². The van der Waals surface area contributed by atoms with E-state index in [2.05, 4.69) is 41.6 Å². The van der Waals surface area contributed by atoms with Crippen molar-refractivity contribution in [2.75, 3.05) is 10.6 Å². The van der Waals surface area contributed by atoms with Crippen LogP contribution in [0.3, 0.4) is 0 Å². The molecule has 0 saturated carbocycles. The standard InChI is InChI=1S/C15H17N3S/c1-11(2)12-5-7-13(8-6-12)17-15(19)18-14-4-3-9-16-10-14/h3-11H,1-2H3,(H2,17,18,19). The fourth-order valence-corrected chi connectivity index (χ4v) is 1.92. The number of rotatable bonds is 3. The lowest BCUT2D eigenvalue weighted by Gasteiger charge is -2.11.